The highest BCUT2D eigenvalue weighted by molar-refractivity contribution is 7.91. The van der Waals surface area contributed by atoms with Gasteiger partial charge in [-0.3, -0.25) is 9.59 Å². The number of carbonyl (C=O) groups excluding carboxylic acids is 2. The monoisotopic (exact) mass is 427 g/mol. The topological polar surface area (TPSA) is 116 Å². The molecule has 2 amide bonds. The van der Waals surface area contributed by atoms with E-state index in [2.05, 4.69) is 10.6 Å². The predicted molar refractivity (Wildman–Crippen MR) is 115 cm³/mol. The fraction of sp³-hybridized carbons (Fsp3) is 0.318. The SMILES string of the molecule is CC(C)CC(=O)Nc1cccc(CNC(=O)CS(=O)(=O)Cc2ccc(C#N)cc2)c1. The summed E-state index contributed by atoms with van der Waals surface area (Å²) in [5.41, 5.74) is 2.33. The van der Waals surface area contributed by atoms with E-state index in [1.807, 2.05) is 19.9 Å². The Labute approximate surface area is 177 Å². The van der Waals surface area contributed by atoms with Crippen molar-refractivity contribution >= 4 is 27.3 Å². The van der Waals surface area contributed by atoms with E-state index < -0.39 is 21.5 Å². The third-order valence-corrected chi connectivity index (χ3v) is 5.59. The van der Waals surface area contributed by atoms with Gasteiger partial charge in [-0.05, 0) is 41.3 Å². The summed E-state index contributed by atoms with van der Waals surface area (Å²) in [7, 11) is -3.65. The summed E-state index contributed by atoms with van der Waals surface area (Å²) in [6.07, 6.45) is 0.415. The van der Waals surface area contributed by atoms with Gasteiger partial charge in [0.25, 0.3) is 0 Å². The van der Waals surface area contributed by atoms with Crippen molar-refractivity contribution in [2.24, 2.45) is 5.92 Å². The smallest absolute Gasteiger partial charge is 0.235 e. The highest BCUT2D eigenvalue weighted by Crippen LogP contribution is 2.13. The number of nitrogens with one attached hydrogen (secondary N) is 2. The molecule has 0 unspecified atom stereocenters. The van der Waals surface area contributed by atoms with E-state index >= 15 is 0 Å². The zero-order chi connectivity index (χ0) is 22.1. The van der Waals surface area contributed by atoms with Gasteiger partial charge in [0.2, 0.25) is 11.8 Å². The summed E-state index contributed by atoms with van der Waals surface area (Å²) < 4.78 is 24.5. The molecule has 0 radical (unpaired) electrons. The summed E-state index contributed by atoms with van der Waals surface area (Å²) in [6.45, 7) is 4.07. The van der Waals surface area contributed by atoms with Crippen LogP contribution in [-0.4, -0.2) is 26.0 Å². The molecule has 0 aliphatic rings. The van der Waals surface area contributed by atoms with Gasteiger partial charge in [0, 0.05) is 18.7 Å². The molecule has 0 bridgehead atoms. The Morgan fingerprint density at radius 2 is 1.73 bits per heavy atom. The lowest BCUT2D eigenvalue weighted by Gasteiger charge is -2.10. The molecular weight excluding hydrogens is 402 g/mol. The summed E-state index contributed by atoms with van der Waals surface area (Å²) in [5, 5.41) is 14.2. The summed E-state index contributed by atoms with van der Waals surface area (Å²) in [4.78, 5) is 24.0. The first-order chi connectivity index (χ1) is 14.2. The number of carbonyl (C=O) groups is 2. The van der Waals surface area contributed by atoms with Crippen LogP contribution in [0.15, 0.2) is 48.5 Å². The molecule has 8 heteroatoms. The number of amides is 2. The average molecular weight is 428 g/mol. The van der Waals surface area contributed by atoms with Gasteiger partial charge in [-0.2, -0.15) is 5.26 Å². The van der Waals surface area contributed by atoms with Crippen LogP contribution in [0, 0.1) is 17.2 Å². The maximum Gasteiger partial charge on any atom is 0.235 e. The summed E-state index contributed by atoms with van der Waals surface area (Å²) in [5.74, 6) is -1.34. The maximum absolute atomic E-state index is 12.3. The number of sulfone groups is 1. The first-order valence-corrected chi connectivity index (χ1v) is 11.3. The fourth-order valence-electron chi connectivity index (χ4n) is 2.77. The second-order valence-corrected chi connectivity index (χ2v) is 9.53. The van der Waals surface area contributed by atoms with Crippen molar-refractivity contribution in [1.82, 2.24) is 5.32 Å². The lowest BCUT2D eigenvalue weighted by atomic mass is 10.1. The van der Waals surface area contributed by atoms with Crippen molar-refractivity contribution in [3.05, 3.63) is 65.2 Å². The van der Waals surface area contributed by atoms with Crippen LogP contribution in [0.25, 0.3) is 0 Å². The molecule has 0 saturated heterocycles. The van der Waals surface area contributed by atoms with E-state index in [1.165, 1.54) is 12.1 Å². The molecule has 0 atom stereocenters. The number of nitrogens with zero attached hydrogens (tertiary/aromatic N) is 1. The molecule has 0 heterocycles. The molecule has 2 N–H and O–H groups in total. The van der Waals surface area contributed by atoms with Crippen molar-refractivity contribution in [1.29, 1.82) is 5.26 Å². The highest BCUT2D eigenvalue weighted by atomic mass is 32.2. The molecule has 2 aromatic rings. The van der Waals surface area contributed by atoms with Crippen molar-refractivity contribution in [3.63, 3.8) is 0 Å². The van der Waals surface area contributed by atoms with Crippen LogP contribution in [-0.2, 0) is 31.7 Å². The van der Waals surface area contributed by atoms with Gasteiger partial charge in [0.05, 0.1) is 17.4 Å². The Morgan fingerprint density at radius 1 is 1.03 bits per heavy atom. The van der Waals surface area contributed by atoms with Crippen molar-refractivity contribution in [2.45, 2.75) is 32.6 Å². The Morgan fingerprint density at radius 3 is 2.37 bits per heavy atom. The van der Waals surface area contributed by atoms with Gasteiger partial charge in [0.1, 0.15) is 5.75 Å². The molecule has 0 aliphatic heterocycles. The van der Waals surface area contributed by atoms with Crippen LogP contribution in [0.4, 0.5) is 5.69 Å². The van der Waals surface area contributed by atoms with Crippen LogP contribution >= 0.6 is 0 Å². The standard InChI is InChI=1S/C22H25N3O4S/c1-16(2)10-21(26)25-20-5-3-4-19(11-20)13-24-22(27)15-30(28,29)14-18-8-6-17(12-23)7-9-18/h3-9,11,16H,10,13-15H2,1-2H3,(H,24,27)(H,25,26). The van der Waals surface area contributed by atoms with Crippen LogP contribution in [0.1, 0.15) is 37.0 Å². The molecule has 2 rings (SSSR count). The number of benzene rings is 2. The third-order valence-electron chi connectivity index (χ3n) is 4.11. The summed E-state index contributed by atoms with van der Waals surface area (Å²) in [6, 6.07) is 15.2. The van der Waals surface area contributed by atoms with Crippen molar-refractivity contribution < 1.29 is 18.0 Å². The van der Waals surface area contributed by atoms with E-state index in [-0.39, 0.29) is 24.1 Å². The molecule has 0 spiro atoms. The van der Waals surface area contributed by atoms with E-state index in [9.17, 15) is 18.0 Å². The minimum Gasteiger partial charge on any atom is -0.351 e. The van der Waals surface area contributed by atoms with E-state index in [0.29, 0.717) is 23.2 Å². The van der Waals surface area contributed by atoms with Gasteiger partial charge < -0.3 is 10.6 Å². The number of anilines is 1. The molecule has 158 valence electrons. The zero-order valence-corrected chi connectivity index (χ0v) is 17.8. The van der Waals surface area contributed by atoms with Crippen molar-refractivity contribution in [3.8, 4) is 6.07 Å². The fourth-order valence-corrected chi connectivity index (χ4v) is 4.08. The van der Waals surface area contributed by atoms with Crippen LogP contribution < -0.4 is 10.6 Å². The number of hydrogen-bond donors (Lipinski definition) is 2. The minimum atomic E-state index is -3.65. The van der Waals surface area contributed by atoms with Crippen molar-refractivity contribution in [2.75, 3.05) is 11.1 Å². The molecule has 0 aromatic heterocycles. The van der Waals surface area contributed by atoms with E-state index in [0.717, 1.165) is 5.56 Å². The Bertz CT molecular complexity index is 1040. The van der Waals surface area contributed by atoms with Gasteiger partial charge in [-0.1, -0.05) is 38.1 Å². The normalized spacial score (nSPS) is 11.0. The third kappa shape index (κ3) is 8.05. The predicted octanol–water partition coefficient (Wildman–Crippen LogP) is 2.77. The average Bonchev–Trinajstić information content (AvgIpc) is 2.66. The quantitative estimate of drug-likeness (QED) is 0.638. The largest absolute Gasteiger partial charge is 0.351 e. The number of hydrogen-bond acceptors (Lipinski definition) is 5. The molecule has 0 aliphatic carbocycles. The molecule has 30 heavy (non-hydrogen) atoms. The molecule has 2 aromatic carbocycles. The second-order valence-electron chi connectivity index (χ2n) is 7.46. The number of nitriles is 1. The number of rotatable bonds is 9. The van der Waals surface area contributed by atoms with Gasteiger partial charge >= 0.3 is 0 Å². The molecular formula is C22H25N3O4S. The Balaban J connectivity index is 1.88. The van der Waals surface area contributed by atoms with Gasteiger partial charge in [0.15, 0.2) is 9.84 Å². The first-order valence-electron chi connectivity index (χ1n) is 9.52. The lowest BCUT2D eigenvalue weighted by molar-refractivity contribution is -0.119. The van der Waals surface area contributed by atoms with E-state index in [1.54, 1.807) is 36.4 Å². The second kappa shape index (κ2) is 10.6. The van der Waals surface area contributed by atoms with E-state index in [4.69, 9.17) is 5.26 Å². The van der Waals surface area contributed by atoms with Crippen LogP contribution in [0.2, 0.25) is 0 Å². The lowest BCUT2D eigenvalue weighted by Crippen LogP contribution is -2.30. The Hall–Kier alpha value is -3.18. The van der Waals surface area contributed by atoms with Gasteiger partial charge in [-0.25, -0.2) is 8.42 Å². The maximum atomic E-state index is 12.3. The minimum absolute atomic E-state index is 0.0833. The Kier molecular flexibility index (Phi) is 8.13. The van der Waals surface area contributed by atoms with Crippen LogP contribution in [0.3, 0.4) is 0 Å². The molecule has 7 nitrogen and oxygen atoms in total. The molecule has 0 fully saturated rings. The van der Waals surface area contributed by atoms with Gasteiger partial charge in [-0.15, -0.1) is 0 Å². The van der Waals surface area contributed by atoms with Crippen LogP contribution in [0.5, 0.6) is 0 Å². The molecule has 0 saturated carbocycles. The first kappa shape index (κ1) is 23.1. The highest BCUT2D eigenvalue weighted by Gasteiger charge is 2.17. The zero-order valence-electron chi connectivity index (χ0n) is 17.0. The summed E-state index contributed by atoms with van der Waals surface area (Å²) >= 11 is 0.